The topological polar surface area (TPSA) is 157 Å². The molecule has 1 aromatic carbocycles. The van der Waals surface area contributed by atoms with Gasteiger partial charge in [0.25, 0.3) is 0 Å². The first-order valence-corrected chi connectivity index (χ1v) is 10.4. The van der Waals surface area contributed by atoms with Gasteiger partial charge in [-0.25, -0.2) is 43.3 Å². The van der Waals surface area contributed by atoms with Crippen molar-refractivity contribution in [2.45, 2.75) is 18.4 Å². The van der Waals surface area contributed by atoms with Gasteiger partial charge in [-0.15, -0.1) is 0 Å². The van der Waals surface area contributed by atoms with Gasteiger partial charge in [0.1, 0.15) is 49.4 Å². The number of rotatable bonds is 7. The molecule has 1 aliphatic heterocycles. The van der Waals surface area contributed by atoms with Crippen LogP contribution in [0.2, 0.25) is 0 Å². The Morgan fingerprint density at radius 2 is 1.83 bits per heavy atom. The van der Waals surface area contributed by atoms with Crippen LogP contribution < -0.4 is 5.43 Å². The van der Waals surface area contributed by atoms with Gasteiger partial charge >= 0.3 is 5.97 Å². The molecule has 3 heterocycles. The van der Waals surface area contributed by atoms with Crippen LogP contribution in [0.25, 0.3) is 11.3 Å². The molecule has 0 bridgehead atoms. The molecule has 11 nitrogen and oxygen atoms in total. The number of β-amino-alcohol motifs (C(OH)–C–C–N with tert-alkyl or cyclic N) is 1. The van der Waals surface area contributed by atoms with Crippen molar-refractivity contribution in [3.63, 3.8) is 0 Å². The lowest BCUT2D eigenvalue weighted by Gasteiger charge is -2.38. The van der Waals surface area contributed by atoms with E-state index < -0.39 is 41.5 Å². The van der Waals surface area contributed by atoms with Crippen LogP contribution >= 0.6 is 0 Å². The van der Waals surface area contributed by atoms with Gasteiger partial charge < -0.3 is 15.3 Å². The van der Waals surface area contributed by atoms with Crippen LogP contribution in [0.15, 0.2) is 48.2 Å². The normalized spacial score (nSPS) is 15.1. The van der Waals surface area contributed by atoms with Crippen molar-refractivity contribution in [2.24, 2.45) is 4.99 Å². The Bertz CT molecular complexity index is 1250. The summed E-state index contributed by atoms with van der Waals surface area (Å²) in [4.78, 5) is 28.3. The molecule has 1 aliphatic rings. The fourth-order valence-corrected chi connectivity index (χ4v) is 3.59. The first-order chi connectivity index (χ1) is 17.2. The monoisotopic (exact) mass is 505 g/mol. The molecule has 0 spiro atoms. The standard InChI is InChI=1S/C20H18F3N7O.C2H4O3/c1-12(18-16(22)5-24-8-27-18)20(31,7-30-11-26-10-29-30)15-3-2-13(21)4-14(15)19-17(23)6-25-9-28-19;3-1-2(4)5/h2-6,8-9,11-12,29,31H,7,10H2,1H3;3H,1H2,(H,4,5)/t12-,20+;/m0./s1. The van der Waals surface area contributed by atoms with Crippen LogP contribution in [-0.2, 0) is 10.4 Å². The van der Waals surface area contributed by atoms with Gasteiger partial charge in [0.05, 0.1) is 24.6 Å². The van der Waals surface area contributed by atoms with Crippen molar-refractivity contribution in [1.82, 2.24) is 30.4 Å². The van der Waals surface area contributed by atoms with Gasteiger partial charge in [0, 0.05) is 11.5 Å². The van der Waals surface area contributed by atoms with E-state index in [9.17, 15) is 18.3 Å². The van der Waals surface area contributed by atoms with Crippen molar-refractivity contribution in [3.05, 3.63) is 72.0 Å². The van der Waals surface area contributed by atoms with E-state index in [0.717, 1.165) is 30.9 Å². The molecule has 2 aromatic heterocycles. The minimum Gasteiger partial charge on any atom is -0.480 e. The van der Waals surface area contributed by atoms with E-state index in [-0.39, 0.29) is 29.1 Å². The van der Waals surface area contributed by atoms with Gasteiger partial charge in [0.2, 0.25) is 0 Å². The zero-order valence-electron chi connectivity index (χ0n) is 18.9. The molecule has 0 fully saturated rings. The highest BCUT2D eigenvalue weighted by atomic mass is 19.1. The molecule has 0 unspecified atom stereocenters. The predicted octanol–water partition coefficient (Wildman–Crippen LogP) is 1.21. The largest absolute Gasteiger partial charge is 0.480 e. The summed E-state index contributed by atoms with van der Waals surface area (Å²) >= 11 is 0. The highest BCUT2D eigenvalue weighted by molar-refractivity contribution is 5.67. The van der Waals surface area contributed by atoms with E-state index in [4.69, 9.17) is 15.0 Å². The number of carbonyl (C=O) groups is 1. The highest BCUT2D eigenvalue weighted by Gasteiger charge is 2.43. The Kier molecular flexibility index (Phi) is 8.58. The number of carboxylic acids is 1. The van der Waals surface area contributed by atoms with Gasteiger partial charge in [-0.2, -0.15) is 0 Å². The summed E-state index contributed by atoms with van der Waals surface area (Å²) in [5.41, 5.74) is 0.983. The number of aliphatic carboxylic acids is 1. The zero-order chi connectivity index (χ0) is 26.3. The highest BCUT2D eigenvalue weighted by Crippen LogP contribution is 2.42. The number of hydrogen-bond acceptors (Lipinski definition) is 10. The lowest BCUT2D eigenvalue weighted by atomic mass is 9.77. The number of nitrogens with zero attached hydrogens (tertiary/aromatic N) is 6. The van der Waals surface area contributed by atoms with Crippen molar-refractivity contribution in [2.75, 3.05) is 19.8 Å². The number of hydrazine groups is 1. The molecule has 0 radical (unpaired) electrons. The minimum absolute atomic E-state index is 0.0138. The van der Waals surface area contributed by atoms with Crippen LogP contribution in [0.5, 0.6) is 0 Å². The molecule has 36 heavy (non-hydrogen) atoms. The number of aromatic nitrogens is 4. The Morgan fingerprint density at radius 1 is 1.17 bits per heavy atom. The van der Waals surface area contributed by atoms with Gasteiger partial charge in [-0.1, -0.05) is 13.0 Å². The summed E-state index contributed by atoms with van der Waals surface area (Å²) in [7, 11) is 0. The summed E-state index contributed by atoms with van der Waals surface area (Å²) in [6.07, 6.45) is 5.69. The molecule has 4 N–H and O–H groups in total. The number of hydrogen-bond donors (Lipinski definition) is 4. The van der Waals surface area contributed by atoms with E-state index >= 15 is 0 Å². The van der Waals surface area contributed by atoms with Gasteiger partial charge in [-0.05, 0) is 17.7 Å². The zero-order valence-corrected chi connectivity index (χ0v) is 18.9. The molecule has 0 amide bonds. The van der Waals surface area contributed by atoms with Crippen molar-refractivity contribution in [3.8, 4) is 11.3 Å². The van der Waals surface area contributed by atoms with E-state index in [1.54, 1.807) is 6.92 Å². The first kappa shape index (κ1) is 26.6. The molecule has 190 valence electrons. The molecule has 0 aliphatic carbocycles. The number of aliphatic imine (C=N–C) groups is 1. The molecule has 0 saturated heterocycles. The Morgan fingerprint density at radius 3 is 2.42 bits per heavy atom. The summed E-state index contributed by atoms with van der Waals surface area (Å²) in [6, 6.07) is 3.53. The maximum absolute atomic E-state index is 14.5. The van der Waals surface area contributed by atoms with E-state index in [2.05, 4.69) is 30.4 Å². The second-order valence-corrected chi connectivity index (χ2v) is 7.61. The quantitative estimate of drug-likeness (QED) is 0.368. The van der Waals surface area contributed by atoms with E-state index in [1.165, 1.54) is 23.7 Å². The third kappa shape index (κ3) is 5.97. The summed E-state index contributed by atoms with van der Waals surface area (Å²) in [6.45, 7) is 0.970. The number of benzene rings is 1. The SMILES string of the molecule is C[C@@H](c1ncncc1F)[C@](O)(CN1C=NCN1)c1ccc(F)cc1-c1ncncc1F.O=C(O)CO. The van der Waals surface area contributed by atoms with Gasteiger partial charge in [0.15, 0.2) is 11.6 Å². The number of carboxylic acid groups (broad SMARTS) is 1. The summed E-state index contributed by atoms with van der Waals surface area (Å²) in [5, 5.41) is 28.5. The number of aliphatic hydroxyl groups excluding tert-OH is 1. The lowest BCUT2D eigenvalue weighted by Crippen LogP contribution is -2.47. The van der Waals surface area contributed by atoms with Crippen molar-refractivity contribution in [1.29, 1.82) is 0 Å². The van der Waals surface area contributed by atoms with Crippen LogP contribution in [0.3, 0.4) is 0 Å². The van der Waals surface area contributed by atoms with Crippen LogP contribution in [0, 0.1) is 17.5 Å². The molecular formula is C22H22F3N7O4. The van der Waals surface area contributed by atoms with E-state index in [0.29, 0.717) is 6.67 Å². The van der Waals surface area contributed by atoms with E-state index in [1.807, 2.05) is 0 Å². The Hall–Kier alpha value is -4.01. The number of halogens is 3. The molecule has 14 heteroatoms. The molecule has 3 aromatic rings. The minimum atomic E-state index is -1.86. The number of nitrogens with one attached hydrogen (secondary N) is 1. The molecule has 4 rings (SSSR count). The predicted molar refractivity (Wildman–Crippen MR) is 120 cm³/mol. The van der Waals surface area contributed by atoms with Crippen LogP contribution in [-0.4, -0.2) is 72.4 Å². The first-order valence-electron chi connectivity index (χ1n) is 10.4. The third-order valence-electron chi connectivity index (χ3n) is 5.33. The van der Waals surface area contributed by atoms with Crippen molar-refractivity contribution < 1.29 is 33.3 Å². The molecule has 2 atom stereocenters. The maximum atomic E-state index is 14.5. The average molecular weight is 505 g/mol. The van der Waals surface area contributed by atoms with Crippen molar-refractivity contribution >= 4 is 12.3 Å². The summed E-state index contributed by atoms with van der Waals surface area (Å²) < 4.78 is 43.2. The summed E-state index contributed by atoms with van der Waals surface area (Å²) in [5.74, 6) is -4.29. The second-order valence-electron chi connectivity index (χ2n) is 7.61. The fraction of sp³-hybridized carbons (Fsp3) is 0.273. The fourth-order valence-electron chi connectivity index (χ4n) is 3.59. The van der Waals surface area contributed by atoms with Crippen LogP contribution in [0.1, 0.15) is 24.1 Å². The second kappa shape index (κ2) is 11.6. The smallest absolute Gasteiger partial charge is 0.329 e. The molecular weight excluding hydrogens is 483 g/mol. The molecule has 0 saturated carbocycles. The third-order valence-corrected chi connectivity index (χ3v) is 5.33. The average Bonchev–Trinajstić information content (AvgIpc) is 3.37. The lowest BCUT2D eigenvalue weighted by molar-refractivity contribution is -0.140. The van der Waals surface area contributed by atoms with Crippen LogP contribution in [0.4, 0.5) is 13.2 Å². The Balaban J connectivity index is 0.000000658. The van der Waals surface area contributed by atoms with Gasteiger partial charge in [-0.3, -0.25) is 10.0 Å². The Labute approximate surface area is 203 Å². The maximum Gasteiger partial charge on any atom is 0.329 e. The number of aliphatic hydroxyl groups is 2.